The first-order valence-corrected chi connectivity index (χ1v) is 4.94. The zero-order chi connectivity index (χ0) is 11.4. The highest BCUT2D eigenvalue weighted by Gasteiger charge is 2.09. The van der Waals surface area contributed by atoms with Crippen LogP contribution >= 0.6 is 0 Å². The van der Waals surface area contributed by atoms with Gasteiger partial charge in [-0.1, -0.05) is 11.2 Å². The summed E-state index contributed by atoms with van der Waals surface area (Å²) >= 11 is 0. The third kappa shape index (κ3) is 2.25. The van der Waals surface area contributed by atoms with Crippen molar-refractivity contribution in [3.8, 4) is 11.4 Å². The van der Waals surface area contributed by atoms with Gasteiger partial charge in [-0.3, -0.25) is 0 Å². The topological polar surface area (TPSA) is 48.2 Å². The monoisotopic (exact) mass is 222 g/mol. The van der Waals surface area contributed by atoms with Gasteiger partial charge in [0.05, 0.1) is 12.2 Å². The van der Waals surface area contributed by atoms with Gasteiger partial charge in [0.25, 0.3) is 0 Å². The predicted molar refractivity (Wildman–Crippen MR) is 55.0 cm³/mol. The van der Waals surface area contributed by atoms with Gasteiger partial charge in [-0.05, 0) is 24.6 Å². The van der Waals surface area contributed by atoms with E-state index in [4.69, 9.17) is 4.74 Å². The van der Waals surface area contributed by atoms with Crippen molar-refractivity contribution in [1.82, 2.24) is 10.1 Å². The second-order valence-electron chi connectivity index (χ2n) is 3.21. The molecule has 0 aliphatic carbocycles. The molecule has 1 heterocycles. The normalized spacial score (nSPS) is 10.6. The molecule has 2 rings (SSSR count). The molecule has 0 N–H and O–H groups in total. The van der Waals surface area contributed by atoms with Crippen molar-refractivity contribution in [3.63, 3.8) is 0 Å². The maximum atomic E-state index is 13.7. The molecule has 2 aromatic rings. The Hall–Kier alpha value is -1.75. The Morgan fingerprint density at radius 2 is 2.31 bits per heavy atom. The molecule has 0 aliphatic rings. The van der Waals surface area contributed by atoms with Crippen LogP contribution in [0.2, 0.25) is 0 Å². The number of halogens is 1. The molecular weight excluding hydrogens is 211 g/mol. The van der Waals surface area contributed by atoms with Crippen LogP contribution in [-0.4, -0.2) is 16.7 Å². The van der Waals surface area contributed by atoms with Crippen molar-refractivity contribution in [2.24, 2.45) is 0 Å². The maximum absolute atomic E-state index is 13.7. The van der Waals surface area contributed by atoms with E-state index in [9.17, 15) is 4.39 Å². The highest BCUT2D eigenvalue weighted by atomic mass is 19.1. The summed E-state index contributed by atoms with van der Waals surface area (Å²) in [4.78, 5) is 3.79. The summed E-state index contributed by atoms with van der Waals surface area (Å²) in [7, 11) is 0. The fourth-order valence-electron chi connectivity index (χ4n) is 1.34. The molecule has 5 heteroatoms. The number of benzene rings is 1. The van der Waals surface area contributed by atoms with Crippen LogP contribution in [0.25, 0.3) is 11.4 Å². The second kappa shape index (κ2) is 4.85. The number of nitrogens with zero attached hydrogens (tertiary/aromatic N) is 2. The Balaban J connectivity index is 2.23. The van der Waals surface area contributed by atoms with Crippen LogP contribution in [0.15, 0.2) is 29.1 Å². The van der Waals surface area contributed by atoms with E-state index in [2.05, 4.69) is 14.7 Å². The van der Waals surface area contributed by atoms with E-state index in [0.29, 0.717) is 18.8 Å². The first kappa shape index (κ1) is 10.8. The molecule has 0 atom stereocenters. The van der Waals surface area contributed by atoms with Gasteiger partial charge in [0, 0.05) is 6.61 Å². The molecule has 16 heavy (non-hydrogen) atoms. The Kier molecular flexibility index (Phi) is 3.26. The second-order valence-corrected chi connectivity index (χ2v) is 3.21. The molecule has 0 unspecified atom stereocenters. The molecule has 4 nitrogen and oxygen atoms in total. The lowest BCUT2D eigenvalue weighted by molar-refractivity contribution is 0.134. The van der Waals surface area contributed by atoms with Crippen molar-refractivity contribution in [1.29, 1.82) is 0 Å². The summed E-state index contributed by atoms with van der Waals surface area (Å²) in [5, 5.41) is 3.58. The van der Waals surface area contributed by atoms with Crippen molar-refractivity contribution in [3.05, 3.63) is 36.0 Å². The molecule has 0 spiro atoms. The van der Waals surface area contributed by atoms with E-state index < -0.39 is 0 Å². The van der Waals surface area contributed by atoms with Gasteiger partial charge in [-0.15, -0.1) is 0 Å². The highest BCUT2D eigenvalue weighted by Crippen LogP contribution is 2.20. The molecule has 0 bridgehead atoms. The summed E-state index contributed by atoms with van der Waals surface area (Å²) in [5.74, 6) is -0.126. The molecule has 1 aromatic carbocycles. The molecule has 0 amide bonds. The molecule has 84 valence electrons. The van der Waals surface area contributed by atoms with E-state index in [-0.39, 0.29) is 11.6 Å². The molecule has 0 aliphatic heterocycles. The Bertz CT molecular complexity index is 457. The van der Waals surface area contributed by atoms with Crippen molar-refractivity contribution in [2.45, 2.75) is 13.5 Å². The Labute approximate surface area is 92.0 Å². The zero-order valence-electron chi connectivity index (χ0n) is 8.81. The van der Waals surface area contributed by atoms with E-state index >= 15 is 0 Å². The number of rotatable bonds is 4. The first-order chi connectivity index (χ1) is 7.81. The molecule has 0 saturated heterocycles. The number of ether oxygens (including phenoxy) is 1. The lowest BCUT2D eigenvalue weighted by atomic mass is 10.1. The molecule has 0 radical (unpaired) electrons. The summed E-state index contributed by atoms with van der Waals surface area (Å²) < 4.78 is 23.4. The SMILES string of the molecule is CCOCc1ccc(-c2ncon2)c(F)c1. The number of aromatic nitrogens is 2. The predicted octanol–water partition coefficient (Wildman–Crippen LogP) is 2.41. The smallest absolute Gasteiger partial charge is 0.214 e. The quantitative estimate of drug-likeness (QED) is 0.797. The summed E-state index contributed by atoms with van der Waals surface area (Å²) in [5.41, 5.74) is 1.11. The summed E-state index contributed by atoms with van der Waals surface area (Å²) in [6.07, 6.45) is 1.17. The van der Waals surface area contributed by atoms with Crippen LogP contribution in [0.1, 0.15) is 12.5 Å². The summed E-state index contributed by atoms with van der Waals surface area (Å²) in [6.45, 7) is 2.90. The van der Waals surface area contributed by atoms with Crippen LogP contribution in [-0.2, 0) is 11.3 Å². The van der Waals surface area contributed by atoms with Gasteiger partial charge < -0.3 is 9.26 Å². The largest absolute Gasteiger partial charge is 0.377 e. The van der Waals surface area contributed by atoms with Gasteiger partial charge in [0.1, 0.15) is 5.82 Å². The lowest BCUT2D eigenvalue weighted by Crippen LogP contribution is -1.94. The average molecular weight is 222 g/mol. The van der Waals surface area contributed by atoms with E-state index in [0.717, 1.165) is 5.56 Å². The minimum atomic E-state index is -0.376. The highest BCUT2D eigenvalue weighted by molar-refractivity contribution is 5.55. The first-order valence-electron chi connectivity index (χ1n) is 4.94. The van der Waals surface area contributed by atoms with Crippen LogP contribution in [0, 0.1) is 5.82 Å². The third-order valence-electron chi connectivity index (χ3n) is 2.11. The van der Waals surface area contributed by atoms with Crippen molar-refractivity contribution >= 4 is 0 Å². The van der Waals surface area contributed by atoms with Crippen LogP contribution < -0.4 is 0 Å². The standard InChI is InChI=1S/C11H11FN2O2/c1-2-15-6-8-3-4-9(10(12)5-8)11-13-7-16-14-11/h3-5,7H,2,6H2,1H3. The molecule has 1 aromatic heterocycles. The average Bonchev–Trinajstić information content (AvgIpc) is 2.80. The lowest BCUT2D eigenvalue weighted by Gasteiger charge is -2.03. The van der Waals surface area contributed by atoms with Gasteiger partial charge in [0.2, 0.25) is 12.2 Å². The van der Waals surface area contributed by atoms with Crippen LogP contribution in [0.4, 0.5) is 4.39 Å². The third-order valence-corrected chi connectivity index (χ3v) is 2.11. The van der Waals surface area contributed by atoms with Gasteiger partial charge in [0.15, 0.2) is 0 Å². The van der Waals surface area contributed by atoms with E-state index in [1.165, 1.54) is 12.5 Å². The van der Waals surface area contributed by atoms with Gasteiger partial charge >= 0.3 is 0 Å². The fraction of sp³-hybridized carbons (Fsp3) is 0.273. The molecule has 0 fully saturated rings. The molecular formula is C11H11FN2O2. The van der Waals surface area contributed by atoms with Crippen molar-refractivity contribution in [2.75, 3.05) is 6.61 Å². The maximum Gasteiger partial charge on any atom is 0.214 e. The number of hydrogen-bond acceptors (Lipinski definition) is 4. The molecule has 0 saturated carbocycles. The number of hydrogen-bond donors (Lipinski definition) is 0. The Morgan fingerprint density at radius 3 is 2.94 bits per heavy atom. The van der Waals surface area contributed by atoms with Crippen LogP contribution in [0.3, 0.4) is 0 Å². The van der Waals surface area contributed by atoms with E-state index in [1.807, 2.05) is 6.92 Å². The van der Waals surface area contributed by atoms with Crippen LogP contribution in [0.5, 0.6) is 0 Å². The minimum Gasteiger partial charge on any atom is -0.377 e. The van der Waals surface area contributed by atoms with E-state index in [1.54, 1.807) is 12.1 Å². The fourth-order valence-corrected chi connectivity index (χ4v) is 1.34. The zero-order valence-corrected chi connectivity index (χ0v) is 8.81. The Morgan fingerprint density at radius 1 is 1.44 bits per heavy atom. The summed E-state index contributed by atoms with van der Waals surface area (Å²) in [6, 6.07) is 4.82. The van der Waals surface area contributed by atoms with Crippen molar-refractivity contribution < 1.29 is 13.7 Å². The minimum absolute atomic E-state index is 0.250. The van der Waals surface area contributed by atoms with Gasteiger partial charge in [-0.25, -0.2) is 4.39 Å². The van der Waals surface area contributed by atoms with Gasteiger partial charge in [-0.2, -0.15) is 4.98 Å².